The molecule has 0 saturated carbocycles. The van der Waals surface area contributed by atoms with Crippen LogP contribution in [-0.4, -0.2) is 24.2 Å². The van der Waals surface area contributed by atoms with E-state index in [0.29, 0.717) is 0 Å². The van der Waals surface area contributed by atoms with Gasteiger partial charge in [0.05, 0.1) is 30.2 Å². The molecule has 3 N–H and O–H groups in total. The highest BCUT2D eigenvalue weighted by molar-refractivity contribution is 6.00. The second-order valence-corrected chi connectivity index (χ2v) is 6.34. The van der Waals surface area contributed by atoms with Crippen molar-refractivity contribution in [2.45, 2.75) is 32.6 Å². The van der Waals surface area contributed by atoms with Gasteiger partial charge < -0.3 is 10.4 Å². The van der Waals surface area contributed by atoms with E-state index in [4.69, 9.17) is 9.94 Å². The van der Waals surface area contributed by atoms with Gasteiger partial charge in [-0.15, -0.1) is 0 Å². The van der Waals surface area contributed by atoms with Crippen LogP contribution in [0.3, 0.4) is 0 Å². The smallest absolute Gasteiger partial charge is 0.277 e. The number of aliphatic hydroxyl groups excluding tert-OH is 1. The standard InChI is InChI=1S/C20H23F3N2O3/c1-3-4-12(2)13-5-8-17(16(22)11-13)24-19-14(6-7-15(21)18(19)23)20(27)25-28-10-9-26/h5-8,11-12,24,26H,3-4,9-10H2,1-2H3,(H,25,27). The van der Waals surface area contributed by atoms with E-state index in [1.165, 1.54) is 12.1 Å². The predicted octanol–water partition coefficient (Wildman–Crippen LogP) is 4.40. The number of hydrogen-bond donors (Lipinski definition) is 3. The summed E-state index contributed by atoms with van der Waals surface area (Å²) in [4.78, 5) is 16.8. The lowest BCUT2D eigenvalue weighted by Gasteiger charge is -2.16. The SMILES string of the molecule is CCCC(C)c1ccc(Nc2c(C(=O)NOCCO)ccc(F)c2F)c(F)c1. The van der Waals surface area contributed by atoms with Crippen molar-refractivity contribution in [2.75, 3.05) is 18.5 Å². The van der Waals surface area contributed by atoms with Crippen LogP contribution in [0.15, 0.2) is 30.3 Å². The van der Waals surface area contributed by atoms with Gasteiger partial charge in [0, 0.05) is 0 Å². The maximum absolute atomic E-state index is 14.5. The summed E-state index contributed by atoms with van der Waals surface area (Å²) >= 11 is 0. The first-order valence-corrected chi connectivity index (χ1v) is 8.96. The van der Waals surface area contributed by atoms with Gasteiger partial charge >= 0.3 is 0 Å². The molecule has 0 saturated heterocycles. The molecule has 0 aliphatic rings. The third-order valence-electron chi connectivity index (χ3n) is 4.24. The lowest BCUT2D eigenvalue weighted by atomic mass is 9.96. The van der Waals surface area contributed by atoms with Crippen molar-refractivity contribution in [1.29, 1.82) is 0 Å². The second kappa shape index (κ2) is 10.1. The molecule has 0 fully saturated rings. The Bertz CT molecular complexity index is 831. The molecule has 28 heavy (non-hydrogen) atoms. The number of rotatable bonds is 9. The fraction of sp³-hybridized carbons (Fsp3) is 0.350. The number of carbonyl (C=O) groups excluding carboxylic acids is 1. The number of amides is 1. The third kappa shape index (κ3) is 5.24. The van der Waals surface area contributed by atoms with Crippen LogP contribution in [0.25, 0.3) is 0 Å². The predicted molar refractivity (Wildman–Crippen MR) is 99.9 cm³/mol. The maximum Gasteiger partial charge on any atom is 0.277 e. The van der Waals surface area contributed by atoms with E-state index in [9.17, 15) is 18.0 Å². The number of nitrogens with one attached hydrogen (secondary N) is 2. The molecule has 0 heterocycles. The summed E-state index contributed by atoms with van der Waals surface area (Å²) in [7, 11) is 0. The molecule has 1 amide bonds. The van der Waals surface area contributed by atoms with Crippen LogP contribution in [0.1, 0.15) is 48.5 Å². The van der Waals surface area contributed by atoms with Crippen LogP contribution in [0, 0.1) is 17.5 Å². The zero-order chi connectivity index (χ0) is 20.7. The first kappa shape index (κ1) is 21.7. The van der Waals surface area contributed by atoms with Crippen LogP contribution >= 0.6 is 0 Å². The average Bonchev–Trinajstić information content (AvgIpc) is 2.67. The zero-order valence-corrected chi connectivity index (χ0v) is 15.7. The molecule has 5 nitrogen and oxygen atoms in total. The Morgan fingerprint density at radius 2 is 1.93 bits per heavy atom. The van der Waals surface area contributed by atoms with E-state index in [1.807, 2.05) is 19.3 Å². The van der Waals surface area contributed by atoms with Gasteiger partial charge in [-0.1, -0.05) is 26.3 Å². The average molecular weight is 396 g/mol. The summed E-state index contributed by atoms with van der Waals surface area (Å²) in [6.45, 7) is 3.50. The molecule has 0 radical (unpaired) electrons. The van der Waals surface area contributed by atoms with Crippen molar-refractivity contribution in [3.8, 4) is 0 Å². The summed E-state index contributed by atoms with van der Waals surface area (Å²) in [5.74, 6) is -3.87. The molecule has 2 aromatic rings. The van der Waals surface area contributed by atoms with Crippen LogP contribution < -0.4 is 10.8 Å². The Labute approximate surface area is 161 Å². The fourth-order valence-corrected chi connectivity index (χ4v) is 2.75. The summed E-state index contributed by atoms with van der Waals surface area (Å²) in [5, 5.41) is 11.1. The number of benzene rings is 2. The van der Waals surface area contributed by atoms with E-state index >= 15 is 0 Å². The summed E-state index contributed by atoms with van der Waals surface area (Å²) in [6, 6.07) is 6.30. The van der Waals surface area contributed by atoms with Gasteiger partial charge in [0.25, 0.3) is 5.91 Å². The lowest BCUT2D eigenvalue weighted by molar-refractivity contribution is 0.0168. The highest BCUT2D eigenvalue weighted by Crippen LogP contribution is 2.30. The first-order chi connectivity index (χ1) is 13.4. The molecule has 152 valence electrons. The molecule has 0 aliphatic heterocycles. The molecule has 2 aromatic carbocycles. The van der Waals surface area contributed by atoms with Crippen molar-refractivity contribution in [2.24, 2.45) is 0 Å². The normalized spacial score (nSPS) is 11.9. The number of aliphatic hydroxyl groups is 1. The van der Waals surface area contributed by atoms with Gasteiger partial charge in [0.1, 0.15) is 5.82 Å². The number of hydrogen-bond acceptors (Lipinski definition) is 4. The van der Waals surface area contributed by atoms with Crippen molar-refractivity contribution in [1.82, 2.24) is 5.48 Å². The Morgan fingerprint density at radius 3 is 2.57 bits per heavy atom. The molecule has 0 aromatic heterocycles. The van der Waals surface area contributed by atoms with Gasteiger partial charge in [-0.3, -0.25) is 9.63 Å². The van der Waals surface area contributed by atoms with Gasteiger partial charge in [0.15, 0.2) is 11.6 Å². The molecule has 1 unspecified atom stereocenters. The summed E-state index contributed by atoms with van der Waals surface area (Å²) in [5.41, 5.74) is 1.91. The van der Waals surface area contributed by atoms with Gasteiger partial charge in [0.2, 0.25) is 0 Å². The number of carbonyl (C=O) groups is 1. The zero-order valence-electron chi connectivity index (χ0n) is 15.7. The Kier molecular flexibility index (Phi) is 7.83. The molecule has 8 heteroatoms. The van der Waals surface area contributed by atoms with Gasteiger partial charge in [-0.25, -0.2) is 18.7 Å². The first-order valence-electron chi connectivity index (χ1n) is 8.96. The highest BCUT2D eigenvalue weighted by atomic mass is 19.2. The largest absolute Gasteiger partial charge is 0.394 e. The number of anilines is 2. The number of halogens is 3. The Hall–Kier alpha value is -2.58. The Morgan fingerprint density at radius 1 is 1.18 bits per heavy atom. The van der Waals surface area contributed by atoms with Gasteiger partial charge in [-0.05, 0) is 42.2 Å². The van der Waals surface area contributed by atoms with E-state index < -0.39 is 29.0 Å². The minimum absolute atomic E-state index is 0.0951. The van der Waals surface area contributed by atoms with E-state index in [1.54, 1.807) is 6.07 Å². The minimum Gasteiger partial charge on any atom is -0.394 e. The lowest BCUT2D eigenvalue weighted by Crippen LogP contribution is -2.26. The van der Waals surface area contributed by atoms with E-state index in [-0.39, 0.29) is 30.4 Å². The topological polar surface area (TPSA) is 70.6 Å². The van der Waals surface area contributed by atoms with Crippen molar-refractivity contribution in [3.63, 3.8) is 0 Å². The minimum atomic E-state index is -1.32. The molecule has 2 rings (SSSR count). The molecule has 0 aliphatic carbocycles. The monoisotopic (exact) mass is 396 g/mol. The summed E-state index contributed by atoms with van der Waals surface area (Å²) < 4.78 is 42.5. The molecule has 0 spiro atoms. The quantitative estimate of drug-likeness (QED) is 0.434. The van der Waals surface area contributed by atoms with Crippen LogP contribution in [-0.2, 0) is 4.84 Å². The van der Waals surface area contributed by atoms with Crippen molar-refractivity contribution >= 4 is 17.3 Å². The van der Waals surface area contributed by atoms with E-state index in [2.05, 4.69) is 5.32 Å². The van der Waals surface area contributed by atoms with E-state index in [0.717, 1.165) is 30.5 Å². The van der Waals surface area contributed by atoms with Crippen LogP contribution in [0.2, 0.25) is 0 Å². The van der Waals surface area contributed by atoms with Crippen LogP contribution in [0.5, 0.6) is 0 Å². The Balaban J connectivity index is 2.32. The molecule has 1 atom stereocenters. The maximum atomic E-state index is 14.5. The second-order valence-electron chi connectivity index (χ2n) is 6.34. The molecular weight excluding hydrogens is 373 g/mol. The summed E-state index contributed by atoms with van der Waals surface area (Å²) in [6.07, 6.45) is 1.84. The molecule has 0 bridgehead atoms. The molecular formula is C20H23F3N2O3. The van der Waals surface area contributed by atoms with Crippen LogP contribution in [0.4, 0.5) is 24.5 Å². The van der Waals surface area contributed by atoms with Gasteiger partial charge in [-0.2, -0.15) is 0 Å². The fourth-order valence-electron chi connectivity index (χ4n) is 2.75. The van der Waals surface area contributed by atoms with Crippen molar-refractivity contribution in [3.05, 3.63) is 58.9 Å². The third-order valence-corrected chi connectivity index (χ3v) is 4.24. The number of hydroxylamine groups is 1. The van der Waals surface area contributed by atoms with Crippen molar-refractivity contribution < 1.29 is 27.9 Å². The highest BCUT2D eigenvalue weighted by Gasteiger charge is 2.20.